The summed E-state index contributed by atoms with van der Waals surface area (Å²) in [5, 5.41) is 3.69. The molecule has 1 rings (SSSR count). The Morgan fingerprint density at radius 2 is 2.00 bits per heavy atom. The summed E-state index contributed by atoms with van der Waals surface area (Å²) in [6, 6.07) is 1.21. The maximum atomic E-state index is 5.45. The maximum absolute atomic E-state index is 5.45. The average molecular weight is 242 g/mol. The van der Waals surface area contributed by atoms with Gasteiger partial charge in [-0.2, -0.15) is 0 Å². The highest BCUT2D eigenvalue weighted by molar-refractivity contribution is 4.79. The van der Waals surface area contributed by atoms with Crippen LogP contribution in [-0.4, -0.2) is 50.8 Å². The van der Waals surface area contributed by atoms with Gasteiger partial charge in [0.1, 0.15) is 0 Å². The first kappa shape index (κ1) is 14.9. The van der Waals surface area contributed by atoms with Crippen LogP contribution < -0.4 is 5.32 Å². The summed E-state index contributed by atoms with van der Waals surface area (Å²) in [5.41, 5.74) is 0. The van der Waals surface area contributed by atoms with Crippen LogP contribution in [0.25, 0.3) is 0 Å². The second-order valence-electron chi connectivity index (χ2n) is 6.07. The van der Waals surface area contributed by atoms with Crippen LogP contribution >= 0.6 is 0 Å². The Kier molecular flexibility index (Phi) is 6.45. The summed E-state index contributed by atoms with van der Waals surface area (Å²) in [7, 11) is 4.36. The van der Waals surface area contributed by atoms with E-state index in [9.17, 15) is 0 Å². The van der Waals surface area contributed by atoms with E-state index in [1.54, 1.807) is 0 Å². The predicted molar refractivity (Wildman–Crippen MR) is 73.3 cm³/mol. The molecule has 0 aliphatic carbocycles. The molecule has 0 aromatic heterocycles. The first-order chi connectivity index (χ1) is 8.00. The number of rotatable bonds is 7. The molecular weight excluding hydrogens is 212 g/mol. The maximum Gasteiger partial charge on any atom is 0.0509 e. The van der Waals surface area contributed by atoms with Gasteiger partial charge in [0.2, 0.25) is 0 Å². The molecule has 1 aliphatic rings. The van der Waals surface area contributed by atoms with Crippen molar-refractivity contribution in [2.24, 2.45) is 11.8 Å². The molecule has 1 heterocycles. The Morgan fingerprint density at radius 3 is 2.47 bits per heavy atom. The van der Waals surface area contributed by atoms with Crippen LogP contribution in [0.2, 0.25) is 0 Å². The van der Waals surface area contributed by atoms with Crippen LogP contribution in [0.5, 0.6) is 0 Å². The van der Waals surface area contributed by atoms with Crippen molar-refractivity contribution < 1.29 is 4.74 Å². The molecule has 0 radical (unpaired) electrons. The Hall–Kier alpha value is -0.120. The average Bonchev–Trinajstić information content (AvgIpc) is 2.76. The zero-order valence-corrected chi connectivity index (χ0v) is 12.2. The minimum Gasteiger partial charge on any atom is -0.381 e. The highest BCUT2D eigenvalue weighted by Crippen LogP contribution is 2.17. The van der Waals surface area contributed by atoms with E-state index < -0.39 is 0 Å². The van der Waals surface area contributed by atoms with Gasteiger partial charge in [-0.25, -0.2) is 0 Å². The molecule has 1 saturated heterocycles. The third kappa shape index (κ3) is 5.36. The summed E-state index contributed by atoms with van der Waals surface area (Å²) in [6.07, 6.45) is 2.47. The molecule has 1 fully saturated rings. The first-order valence-electron chi connectivity index (χ1n) is 6.98. The second kappa shape index (κ2) is 7.34. The fourth-order valence-electron chi connectivity index (χ4n) is 2.46. The molecule has 3 unspecified atom stereocenters. The molecule has 17 heavy (non-hydrogen) atoms. The summed E-state index contributed by atoms with van der Waals surface area (Å²) in [6.45, 7) is 9.85. The summed E-state index contributed by atoms with van der Waals surface area (Å²) >= 11 is 0. The van der Waals surface area contributed by atoms with Crippen LogP contribution in [0.4, 0.5) is 0 Å². The van der Waals surface area contributed by atoms with Gasteiger partial charge in [0.05, 0.1) is 6.61 Å². The van der Waals surface area contributed by atoms with E-state index in [1.807, 2.05) is 0 Å². The van der Waals surface area contributed by atoms with E-state index in [2.05, 4.69) is 45.1 Å². The van der Waals surface area contributed by atoms with Gasteiger partial charge in [-0.1, -0.05) is 13.8 Å². The van der Waals surface area contributed by atoms with Gasteiger partial charge in [-0.3, -0.25) is 0 Å². The molecule has 0 amide bonds. The van der Waals surface area contributed by atoms with E-state index in [1.165, 1.54) is 12.8 Å². The smallest absolute Gasteiger partial charge is 0.0509 e. The minimum absolute atomic E-state index is 0.576. The number of likely N-dealkylation sites (N-methyl/N-ethyl adjacent to an activating group) is 1. The molecule has 102 valence electrons. The topological polar surface area (TPSA) is 24.5 Å². The molecule has 3 heteroatoms. The molecule has 1 aliphatic heterocycles. The predicted octanol–water partition coefficient (Wildman–Crippen LogP) is 1.98. The van der Waals surface area contributed by atoms with E-state index in [0.29, 0.717) is 18.0 Å². The highest BCUT2D eigenvalue weighted by atomic mass is 16.5. The van der Waals surface area contributed by atoms with Crippen molar-refractivity contribution in [2.45, 2.75) is 45.7 Å². The van der Waals surface area contributed by atoms with Gasteiger partial charge in [0.15, 0.2) is 0 Å². The van der Waals surface area contributed by atoms with E-state index in [-0.39, 0.29) is 0 Å². The van der Waals surface area contributed by atoms with Gasteiger partial charge in [0.25, 0.3) is 0 Å². The van der Waals surface area contributed by atoms with Gasteiger partial charge in [0, 0.05) is 25.2 Å². The standard InChI is InChI=1S/C14H30N2O/c1-11(2)8-14(16(4)5)9-15-12(3)13-6-7-17-10-13/h11-15H,6-10H2,1-5H3. The molecule has 0 aromatic carbocycles. The third-order valence-corrected chi connectivity index (χ3v) is 3.82. The SMILES string of the molecule is CC(C)CC(CNC(C)C1CCOC1)N(C)C. The van der Waals surface area contributed by atoms with Crippen molar-refractivity contribution in [2.75, 3.05) is 33.9 Å². The largest absolute Gasteiger partial charge is 0.381 e. The lowest BCUT2D eigenvalue weighted by atomic mass is 9.99. The van der Waals surface area contributed by atoms with Crippen LogP contribution in [0.3, 0.4) is 0 Å². The highest BCUT2D eigenvalue weighted by Gasteiger charge is 2.23. The van der Waals surface area contributed by atoms with Crippen LogP contribution in [0.1, 0.15) is 33.6 Å². The van der Waals surface area contributed by atoms with E-state index in [0.717, 1.165) is 25.7 Å². The van der Waals surface area contributed by atoms with Crippen molar-refractivity contribution in [3.63, 3.8) is 0 Å². The minimum atomic E-state index is 0.576. The van der Waals surface area contributed by atoms with Crippen LogP contribution in [0.15, 0.2) is 0 Å². The monoisotopic (exact) mass is 242 g/mol. The zero-order chi connectivity index (χ0) is 12.8. The van der Waals surface area contributed by atoms with Gasteiger partial charge in [-0.15, -0.1) is 0 Å². The Balaban J connectivity index is 2.29. The van der Waals surface area contributed by atoms with Crippen molar-refractivity contribution in [1.29, 1.82) is 0 Å². The molecule has 3 atom stereocenters. The zero-order valence-electron chi connectivity index (χ0n) is 12.2. The van der Waals surface area contributed by atoms with Crippen molar-refractivity contribution in [1.82, 2.24) is 10.2 Å². The first-order valence-corrected chi connectivity index (χ1v) is 6.98. The Morgan fingerprint density at radius 1 is 1.29 bits per heavy atom. The van der Waals surface area contributed by atoms with E-state index >= 15 is 0 Å². The second-order valence-corrected chi connectivity index (χ2v) is 6.07. The molecule has 3 nitrogen and oxygen atoms in total. The van der Waals surface area contributed by atoms with Gasteiger partial charge < -0.3 is 15.0 Å². The van der Waals surface area contributed by atoms with Crippen molar-refractivity contribution in [3.05, 3.63) is 0 Å². The lowest BCUT2D eigenvalue weighted by molar-refractivity contribution is 0.174. The molecule has 0 aromatic rings. The number of hydrogen-bond donors (Lipinski definition) is 1. The molecule has 0 spiro atoms. The normalized spacial score (nSPS) is 24.5. The number of ether oxygens (including phenoxy) is 1. The van der Waals surface area contributed by atoms with Crippen molar-refractivity contribution in [3.8, 4) is 0 Å². The number of nitrogens with one attached hydrogen (secondary N) is 1. The summed E-state index contributed by atoms with van der Waals surface area (Å²) in [5.74, 6) is 1.46. The Bertz CT molecular complexity index is 200. The van der Waals surface area contributed by atoms with E-state index in [4.69, 9.17) is 4.74 Å². The molecule has 0 saturated carbocycles. The fraction of sp³-hybridized carbons (Fsp3) is 1.00. The van der Waals surface area contributed by atoms with Gasteiger partial charge in [-0.05, 0) is 45.7 Å². The molecular formula is C14H30N2O. The molecule has 1 N–H and O–H groups in total. The van der Waals surface area contributed by atoms with Crippen LogP contribution in [-0.2, 0) is 4.74 Å². The quantitative estimate of drug-likeness (QED) is 0.739. The van der Waals surface area contributed by atoms with Gasteiger partial charge >= 0.3 is 0 Å². The number of hydrogen-bond acceptors (Lipinski definition) is 3. The van der Waals surface area contributed by atoms with Crippen LogP contribution in [0, 0.1) is 11.8 Å². The third-order valence-electron chi connectivity index (χ3n) is 3.82. The fourth-order valence-corrected chi connectivity index (χ4v) is 2.46. The summed E-state index contributed by atoms with van der Waals surface area (Å²) in [4.78, 5) is 2.34. The lowest BCUT2D eigenvalue weighted by Gasteiger charge is -2.29. The summed E-state index contributed by atoms with van der Waals surface area (Å²) < 4.78 is 5.45. The molecule has 0 bridgehead atoms. The lowest BCUT2D eigenvalue weighted by Crippen LogP contribution is -2.44. The number of nitrogens with zero attached hydrogens (tertiary/aromatic N) is 1. The Labute approximate surface area is 107 Å². The van der Waals surface area contributed by atoms with Crippen molar-refractivity contribution >= 4 is 0 Å².